The summed E-state index contributed by atoms with van der Waals surface area (Å²) in [5.74, 6) is 1.53. The van der Waals surface area contributed by atoms with E-state index >= 15 is 0 Å². The van der Waals surface area contributed by atoms with Crippen LogP contribution >= 0.6 is 11.6 Å². The van der Waals surface area contributed by atoms with E-state index in [0.29, 0.717) is 18.3 Å². The quantitative estimate of drug-likeness (QED) is 0.605. The van der Waals surface area contributed by atoms with Crippen LogP contribution < -0.4 is 4.90 Å². The maximum absolute atomic E-state index is 12.7. The summed E-state index contributed by atoms with van der Waals surface area (Å²) in [5.41, 5.74) is 1.98. The molecule has 0 bridgehead atoms. The Kier molecular flexibility index (Phi) is 5.57. The lowest BCUT2D eigenvalue weighted by Gasteiger charge is -2.40. The van der Waals surface area contributed by atoms with Gasteiger partial charge in [0.15, 0.2) is 0 Å². The molecule has 0 spiro atoms. The molecule has 2 aliphatic rings. The molecule has 0 atom stereocenters. The molecule has 2 aromatic heterocycles. The third-order valence-electron chi connectivity index (χ3n) is 5.85. The number of hydrogen-bond donors (Lipinski definition) is 0. The standard InChI is InChI=1S/C22H23ClN6O2/c23-18-3-5-19(6-4-18)28-8-10-29(11-9-28)20(30)15-27-13-17(14-27)22-25-21(26-31-22)16-2-1-7-24-12-16/h1-7,12,17H,8-11,13-15H2. The zero-order valence-electron chi connectivity index (χ0n) is 17.0. The third kappa shape index (κ3) is 4.40. The van der Waals surface area contributed by atoms with Gasteiger partial charge in [-0.25, -0.2) is 0 Å². The number of likely N-dealkylation sites (tertiary alicyclic amines) is 1. The van der Waals surface area contributed by atoms with Crippen LogP contribution in [0.25, 0.3) is 11.4 Å². The van der Waals surface area contributed by atoms with Gasteiger partial charge in [-0.2, -0.15) is 4.98 Å². The molecule has 3 aromatic rings. The molecule has 0 N–H and O–H groups in total. The maximum atomic E-state index is 12.7. The summed E-state index contributed by atoms with van der Waals surface area (Å²) in [6, 6.07) is 11.6. The van der Waals surface area contributed by atoms with Crippen LogP contribution in [0, 0.1) is 0 Å². The molecule has 8 nitrogen and oxygen atoms in total. The van der Waals surface area contributed by atoms with Crippen molar-refractivity contribution in [2.45, 2.75) is 5.92 Å². The highest BCUT2D eigenvalue weighted by Crippen LogP contribution is 2.27. The fourth-order valence-electron chi connectivity index (χ4n) is 4.03. The highest BCUT2D eigenvalue weighted by atomic mass is 35.5. The number of carbonyl (C=O) groups excluding carboxylic acids is 1. The van der Waals surface area contributed by atoms with Gasteiger partial charge in [-0.3, -0.25) is 14.7 Å². The Morgan fingerprint density at radius 3 is 2.58 bits per heavy atom. The van der Waals surface area contributed by atoms with Crippen molar-refractivity contribution in [1.29, 1.82) is 0 Å². The number of pyridine rings is 1. The van der Waals surface area contributed by atoms with E-state index in [4.69, 9.17) is 16.1 Å². The number of nitrogens with zero attached hydrogens (tertiary/aromatic N) is 6. The molecule has 2 fully saturated rings. The van der Waals surface area contributed by atoms with Crippen LogP contribution in [0.3, 0.4) is 0 Å². The van der Waals surface area contributed by atoms with Crippen molar-refractivity contribution >= 4 is 23.2 Å². The van der Waals surface area contributed by atoms with Crippen LogP contribution in [0.4, 0.5) is 5.69 Å². The van der Waals surface area contributed by atoms with Crippen molar-refractivity contribution in [3.8, 4) is 11.4 Å². The van der Waals surface area contributed by atoms with E-state index in [2.05, 4.69) is 24.9 Å². The van der Waals surface area contributed by atoms with E-state index in [1.807, 2.05) is 41.3 Å². The van der Waals surface area contributed by atoms with Crippen LogP contribution in [0.2, 0.25) is 5.02 Å². The topological polar surface area (TPSA) is 78.6 Å². The fourth-order valence-corrected chi connectivity index (χ4v) is 4.15. The first kappa shape index (κ1) is 20.0. The number of piperazine rings is 1. The van der Waals surface area contributed by atoms with Crippen molar-refractivity contribution in [2.75, 3.05) is 50.7 Å². The van der Waals surface area contributed by atoms with E-state index in [9.17, 15) is 4.79 Å². The van der Waals surface area contributed by atoms with Crippen LogP contribution in [0.15, 0.2) is 53.3 Å². The molecule has 0 saturated carbocycles. The van der Waals surface area contributed by atoms with Gasteiger partial charge in [-0.1, -0.05) is 16.8 Å². The first-order valence-electron chi connectivity index (χ1n) is 10.4. The normalized spacial score (nSPS) is 17.6. The number of benzene rings is 1. The number of carbonyl (C=O) groups is 1. The fraction of sp³-hybridized carbons (Fsp3) is 0.364. The molecule has 2 aliphatic heterocycles. The Bertz CT molecular complexity index is 1030. The SMILES string of the molecule is O=C(CN1CC(c2nc(-c3cccnc3)no2)C1)N1CCN(c2ccc(Cl)cc2)CC1. The summed E-state index contributed by atoms with van der Waals surface area (Å²) >= 11 is 5.97. The van der Waals surface area contributed by atoms with Crippen LogP contribution in [-0.4, -0.2) is 76.6 Å². The predicted octanol–water partition coefficient (Wildman–Crippen LogP) is 2.53. The largest absolute Gasteiger partial charge is 0.368 e. The third-order valence-corrected chi connectivity index (χ3v) is 6.10. The Balaban J connectivity index is 1.08. The van der Waals surface area contributed by atoms with E-state index < -0.39 is 0 Å². The number of amides is 1. The number of halogens is 1. The summed E-state index contributed by atoms with van der Waals surface area (Å²) in [5, 5.41) is 4.79. The van der Waals surface area contributed by atoms with Gasteiger partial charge in [0.25, 0.3) is 0 Å². The molecule has 0 unspecified atom stereocenters. The molecule has 1 aromatic carbocycles. The summed E-state index contributed by atoms with van der Waals surface area (Å²) in [6.07, 6.45) is 3.43. The summed E-state index contributed by atoms with van der Waals surface area (Å²) in [6.45, 7) is 5.06. The van der Waals surface area contributed by atoms with Gasteiger partial charge in [0.1, 0.15) is 0 Å². The van der Waals surface area contributed by atoms with Crippen LogP contribution in [0.1, 0.15) is 11.8 Å². The van der Waals surface area contributed by atoms with Gasteiger partial charge < -0.3 is 14.3 Å². The second kappa shape index (κ2) is 8.64. The molecule has 160 valence electrons. The molecule has 2 saturated heterocycles. The lowest BCUT2D eigenvalue weighted by Crippen LogP contribution is -2.54. The van der Waals surface area contributed by atoms with Gasteiger partial charge in [-0.15, -0.1) is 0 Å². The molecule has 0 aliphatic carbocycles. The van der Waals surface area contributed by atoms with Crippen molar-refractivity contribution < 1.29 is 9.32 Å². The average molecular weight is 439 g/mol. The van der Waals surface area contributed by atoms with E-state index in [1.165, 1.54) is 0 Å². The second-order valence-corrected chi connectivity index (χ2v) is 8.37. The Hall–Kier alpha value is -2.97. The summed E-state index contributed by atoms with van der Waals surface area (Å²) < 4.78 is 5.43. The minimum atomic E-state index is 0.174. The van der Waals surface area contributed by atoms with Crippen molar-refractivity contribution in [3.63, 3.8) is 0 Å². The zero-order valence-corrected chi connectivity index (χ0v) is 17.8. The molecule has 9 heteroatoms. The Morgan fingerprint density at radius 2 is 1.87 bits per heavy atom. The van der Waals surface area contributed by atoms with E-state index in [0.717, 1.165) is 55.5 Å². The van der Waals surface area contributed by atoms with Crippen molar-refractivity contribution in [3.05, 3.63) is 59.7 Å². The van der Waals surface area contributed by atoms with Crippen LogP contribution in [-0.2, 0) is 4.79 Å². The lowest BCUT2D eigenvalue weighted by atomic mass is 10.00. The Labute approximate surface area is 185 Å². The lowest BCUT2D eigenvalue weighted by molar-refractivity contribution is -0.134. The highest BCUT2D eigenvalue weighted by molar-refractivity contribution is 6.30. The average Bonchev–Trinajstić information content (AvgIpc) is 3.27. The highest BCUT2D eigenvalue weighted by Gasteiger charge is 2.35. The number of anilines is 1. The van der Waals surface area contributed by atoms with Gasteiger partial charge in [-0.05, 0) is 36.4 Å². The zero-order chi connectivity index (χ0) is 21.2. The Morgan fingerprint density at radius 1 is 1.10 bits per heavy atom. The first-order chi connectivity index (χ1) is 15.2. The van der Waals surface area contributed by atoms with E-state index in [1.54, 1.807) is 12.4 Å². The molecule has 4 heterocycles. The number of rotatable bonds is 5. The van der Waals surface area contributed by atoms with E-state index in [-0.39, 0.29) is 11.8 Å². The van der Waals surface area contributed by atoms with Crippen LogP contribution in [0.5, 0.6) is 0 Å². The summed E-state index contributed by atoms with van der Waals surface area (Å²) in [4.78, 5) is 27.7. The monoisotopic (exact) mass is 438 g/mol. The smallest absolute Gasteiger partial charge is 0.236 e. The molecule has 31 heavy (non-hydrogen) atoms. The first-order valence-corrected chi connectivity index (χ1v) is 10.8. The molecule has 1 amide bonds. The number of aromatic nitrogens is 3. The predicted molar refractivity (Wildman–Crippen MR) is 117 cm³/mol. The second-order valence-electron chi connectivity index (χ2n) is 7.93. The molecule has 5 rings (SSSR count). The molecular weight excluding hydrogens is 416 g/mol. The molecule has 0 radical (unpaired) electrons. The maximum Gasteiger partial charge on any atom is 0.236 e. The van der Waals surface area contributed by atoms with Gasteiger partial charge in [0.2, 0.25) is 17.6 Å². The van der Waals surface area contributed by atoms with Crippen molar-refractivity contribution in [1.82, 2.24) is 24.9 Å². The van der Waals surface area contributed by atoms with Gasteiger partial charge in [0, 0.05) is 67.9 Å². The molecular formula is C22H23ClN6O2. The minimum Gasteiger partial charge on any atom is -0.368 e. The van der Waals surface area contributed by atoms with Gasteiger partial charge in [0.05, 0.1) is 12.5 Å². The van der Waals surface area contributed by atoms with Crippen molar-refractivity contribution in [2.24, 2.45) is 0 Å². The van der Waals surface area contributed by atoms with Gasteiger partial charge >= 0.3 is 0 Å². The summed E-state index contributed by atoms with van der Waals surface area (Å²) in [7, 11) is 0. The number of hydrogen-bond acceptors (Lipinski definition) is 7. The minimum absolute atomic E-state index is 0.174.